The van der Waals surface area contributed by atoms with Crippen LogP contribution in [0.4, 0.5) is 0 Å². The van der Waals surface area contributed by atoms with Crippen LogP contribution in [0.1, 0.15) is 28.9 Å². The van der Waals surface area contributed by atoms with Crippen molar-refractivity contribution in [3.8, 4) is 5.69 Å². The number of nitrogens with zero attached hydrogens (tertiary/aromatic N) is 3. The molecule has 116 valence electrons. The van der Waals surface area contributed by atoms with Gasteiger partial charge in [0.05, 0.1) is 23.1 Å². The zero-order chi connectivity index (χ0) is 15.5. The minimum atomic E-state index is 0.0616. The lowest BCUT2D eigenvalue weighted by Gasteiger charge is -2.31. The fourth-order valence-corrected chi connectivity index (χ4v) is 3.00. The van der Waals surface area contributed by atoms with Gasteiger partial charge >= 0.3 is 0 Å². The van der Waals surface area contributed by atoms with Crippen LogP contribution in [0.2, 0.25) is 0 Å². The van der Waals surface area contributed by atoms with E-state index in [4.69, 9.17) is 0 Å². The molecule has 0 unspecified atom stereocenters. The van der Waals surface area contributed by atoms with Crippen LogP contribution in [0.3, 0.4) is 0 Å². The minimum absolute atomic E-state index is 0.0616. The Kier molecular flexibility index (Phi) is 4.24. The van der Waals surface area contributed by atoms with Crippen LogP contribution in [-0.4, -0.2) is 46.8 Å². The maximum absolute atomic E-state index is 12.8. The first-order chi connectivity index (χ1) is 10.7. The van der Waals surface area contributed by atoms with Crippen molar-refractivity contribution in [2.24, 2.45) is 0 Å². The van der Waals surface area contributed by atoms with Crippen molar-refractivity contribution in [3.63, 3.8) is 0 Å². The zero-order valence-electron chi connectivity index (χ0n) is 13.1. The molecule has 1 aliphatic rings. The van der Waals surface area contributed by atoms with Gasteiger partial charge in [-0.15, -0.1) is 0 Å². The van der Waals surface area contributed by atoms with E-state index < -0.39 is 0 Å². The number of aromatic nitrogens is 2. The Balaban J connectivity index is 1.83. The van der Waals surface area contributed by atoms with Gasteiger partial charge in [0, 0.05) is 13.1 Å². The molecule has 1 fully saturated rings. The first-order valence-corrected chi connectivity index (χ1v) is 7.76. The summed E-state index contributed by atoms with van der Waals surface area (Å²) in [5.41, 5.74) is 2.55. The number of amides is 1. The van der Waals surface area contributed by atoms with E-state index in [2.05, 4.69) is 10.4 Å². The summed E-state index contributed by atoms with van der Waals surface area (Å²) in [6, 6.07) is 10.2. The minimum Gasteiger partial charge on any atom is -0.339 e. The Morgan fingerprint density at radius 3 is 2.64 bits per heavy atom. The molecule has 5 heteroatoms. The summed E-state index contributed by atoms with van der Waals surface area (Å²) in [7, 11) is 1.90. The molecular weight excluding hydrogens is 276 g/mol. The Morgan fingerprint density at radius 2 is 1.95 bits per heavy atom. The average Bonchev–Trinajstić information content (AvgIpc) is 2.96. The lowest BCUT2D eigenvalue weighted by Crippen LogP contribution is -2.44. The zero-order valence-corrected chi connectivity index (χ0v) is 13.1. The van der Waals surface area contributed by atoms with E-state index in [1.165, 1.54) is 0 Å². The van der Waals surface area contributed by atoms with Gasteiger partial charge in [0.1, 0.15) is 0 Å². The van der Waals surface area contributed by atoms with Crippen LogP contribution >= 0.6 is 0 Å². The molecule has 0 aliphatic carbocycles. The van der Waals surface area contributed by atoms with Crippen molar-refractivity contribution in [3.05, 3.63) is 47.8 Å². The van der Waals surface area contributed by atoms with Crippen molar-refractivity contribution in [2.45, 2.75) is 25.8 Å². The summed E-state index contributed by atoms with van der Waals surface area (Å²) in [5, 5.41) is 7.72. The highest BCUT2D eigenvalue weighted by Crippen LogP contribution is 2.18. The molecule has 1 aliphatic heterocycles. The largest absolute Gasteiger partial charge is 0.339 e. The lowest BCUT2D eigenvalue weighted by molar-refractivity contribution is 0.0702. The number of hydrogen-bond acceptors (Lipinski definition) is 3. The quantitative estimate of drug-likeness (QED) is 0.943. The summed E-state index contributed by atoms with van der Waals surface area (Å²) in [4.78, 5) is 14.6. The second-order valence-electron chi connectivity index (χ2n) is 5.79. The van der Waals surface area contributed by atoms with E-state index in [0.29, 0.717) is 11.6 Å². The number of carbonyl (C=O) groups is 1. The van der Waals surface area contributed by atoms with Crippen molar-refractivity contribution < 1.29 is 4.79 Å². The molecule has 2 aromatic rings. The standard InChI is InChI=1S/C17H22N4O/c1-13-16(12-19-21(13)15-6-4-3-5-7-15)17(22)20(2)14-8-10-18-11-9-14/h3-7,12,14,18H,8-11H2,1-2H3. The third kappa shape index (κ3) is 2.76. The number of carbonyl (C=O) groups excluding carboxylic acids is 1. The van der Waals surface area contributed by atoms with E-state index >= 15 is 0 Å². The second kappa shape index (κ2) is 6.32. The van der Waals surface area contributed by atoms with E-state index in [0.717, 1.165) is 37.3 Å². The fraction of sp³-hybridized carbons (Fsp3) is 0.412. The molecule has 0 radical (unpaired) electrons. The van der Waals surface area contributed by atoms with Crippen LogP contribution in [0.5, 0.6) is 0 Å². The second-order valence-corrected chi connectivity index (χ2v) is 5.79. The van der Waals surface area contributed by atoms with Crippen molar-refractivity contribution >= 4 is 5.91 Å². The summed E-state index contributed by atoms with van der Waals surface area (Å²) in [6.45, 7) is 3.90. The molecule has 1 saturated heterocycles. The Hall–Kier alpha value is -2.14. The van der Waals surface area contributed by atoms with Crippen LogP contribution in [0.15, 0.2) is 36.5 Å². The van der Waals surface area contributed by atoms with E-state index in [-0.39, 0.29) is 5.91 Å². The van der Waals surface area contributed by atoms with Crippen molar-refractivity contribution in [1.29, 1.82) is 0 Å². The third-order valence-electron chi connectivity index (χ3n) is 4.42. The molecule has 1 aromatic carbocycles. The molecule has 5 nitrogen and oxygen atoms in total. The van der Waals surface area contributed by atoms with E-state index in [1.807, 2.05) is 53.9 Å². The van der Waals surface area contributed by atoms with Gasteiger partial charge in [0.2, 0.25) is 0 Å². The Morgan fingerprint density at radius 1 is 1.27 bits per heavy atom. The number of nitrogens with one attached hydrogen (secondary N) is 1. The van der Waals surface area contributed by atoms with Gasteiger partial charge in [0.15, 0.2) is 0 Å². The molecular formula is C17H22N4O. The molecule has 0 bridgehead atoms. The number of rotatable bonds is 3. The fourth-order valence-electron chi connectivity index (χ4n) is 3.00. The Labute approximate surface area is 130 Å². The van der Waals surface area contributed by atoms with Gasteiger partial charge in [-0.05, 0) is 45.0 Å². The van der Waals surface area contributed by atoms with Crippen LogP contribution < -0.4 is 5.32 Å². The number of hydrogen-bond donors (Lipinski definition) is 1. The molecule has 1 N–H and O–H groups in total. The summed E-state index contributed by atoms with van der Waals surface area (Å²) in [5.74, 6) is 0.0616. The molecule has 0 saturated carbocycles. The maximum Gasteiger partial charge on any atom is 0.257 e. The SMILES string of the molecule is Cc1c(C(=O)N(C)C2CCNCC2)cnn1-c1ccccc1. The van der Waals surface area contributed by atoms with Crippen LogP contribution in [0, 0.1) is 6.92 Å². The monoisotopic (exact) mass is 298 g/mol. The highest BCUT2D eigenvalue weighted by Gasteiger charge is 2.25. The van der Waals surface area contributed by atoms with Crippen LogP contribution in [0.25, 0.3) is 5.69 Å². The molecule has 0 spiro atoms. The average molecular weight is 298 g/mol. The Bertz CT molecular complexity index is 644. The molecule has 1 amide bonds. The van der Waals surface area contributed by atoms with E-state index in [9.17, 15) is 4.79 Å². The van der Waals surface area contributed by atoms with Gasteiger partial charge in [0.25, 0.3) is 5.91 Å². The number of piperidine rings is 1. The predicted octanol–water partition coefficient (Wildman–Crippen LogP) is 2.00. The van der Waals surface area contributed by atoms with Gasteiger partial charge in [-0.3, -0.25) is 4.79 Å². The summed E-state index contributed by atoms with van der Waals surface area (Å²) >= 11 is 0. The normalized spacial score (nSPS) is 15.7. The third-order valence-corrected chi connectivity index (χ3v) is 4.42. The molecule has 2 heterocycles. The molecule has 3 rings (SSSR count). The maximum atomic E-state index is 12.8. The van der Waals surface area contributed by atoms with Gasteiger partial charge in [-0.1, -0.05) is 18.2 Å². The molecule has 22 heavy (non-hydrogen) atoms. The first-order valence-electron chi connectivity index (χ1n) is 7.76. The van der Waals surface area contributed by atoms with Gasteiger partial charge in [-0.25, -0.2) is 4.68 Å². The topological polar surface area (TPSA) is 50.2 Å². The van der Waals surface area contributed by atoms with E-state index in [1.54, 1.807) is 6.20 Å². The van der Waals surface area contributed by atoms with Gasteiger partial charge < -0.3 is 10.2 Å². The van der Waals surface area contributed by atoms with Crippen LogP contribution in [-0.2, 0) is 0 Å². The van der Waals surface area contributed by atoms with Crippen molar-refractivity contribution in [2.75, 3.05) is 20.1 Å². The van der Waals surface area contributed by atoms with Gasteiger partial charge in [-0.2, -0.15) is 5.10 Å². The first kappa shape index (κ1) is 14.8. The highest BCUT2D eigenvalue weighted by atomic mass is 16.2. The highest BCUT2D eigenvalue weighted by molar-refractivity contribution is 5.95. The predicted molar refractivity (Wildman–Crippen MR) is 86.3 cm³/mol. The number of benzene rings is 1. The molecule has 1 aromatic heterocycles. The summed E-state index contributed by atoms with van der Waals surface area (Å²) < 4.78 is 1.82. The lowest BCUT2D eigenvalue weighted by atomic mass is 10.0. The smallest absolute Gasteiger partial charge is 0.257 e. The molecule has 0 atom stereocenters. The van der Waals surface area contributed by atoms with Crippen molar-refractivity contribution in [1.82, 2.24) is 20.0 Å². The number of para-hydroxylation sites is 1. The summed E-state index contributed by atoms with van der Waals surface area (Å²) in [6.07, 6.45) is 3.70.